The van der Waals surface area contributed by atoms with E-state index in [9.17, 15) is 0 Å². The molecule has 0 bridgehead atoms. The molecule has 0 aromatic heterocycles. The molecule has 0 heterocycles. The van der Waals surface area contributed by atoms with Crippen molar-refractivity contribution < 1.29 is 0 Å². The van der Waals surface area contributed by atoms with Gasteiger partial charge < -0.3 is 5.32 Å². The molecule has 98 valence electrons. The second-order valence-corrected chi connectivity index (χ2v) is 4.62. The SMILES string of the molecule is CCCCCCCCNC(C)N(CC)CC. The molecule has 0 aliphatic carbocycles. The van der Waals surface area contributed by atoms with Crippen LogP contribution in [0.25, 0.3) is 0 Å². The largest absolute Gasteiger partial charge is 0.302 e. The van der Waals surface area contributed by atoms with Crippen molar-refractivity contribution in [3.63, 3.8) is 0 Å². The van der Waals surface area contributed by atoms with Gasteiger partial charge in [0.05, 0.1) is 6.17 Å². The molecule has 0 aliphatic rings. The van der Waals surface area contributed by atoms with Crippen molar-refractivity contribution in [2.24, 2.45) is 0 Å². The predicted octanol–water partition coefficient (Wildman–Crippen LogP) is 3.62. The minimum atomic E-state index is 0.533. The number of rotatable bonds is 11. The molecular weight excluding hydrogens is 196 g/mol. The average molecular weight is 228 g/mol. The van der Waals surface area contributed by atoms with Gasteiger partial charge in [0.1, 0.15) is 0 Å². The van der Waals surface area contributed by atoms with Crippen LogP contribution in [0.2, 0.25) is 0 Å². The van der Waals surface area contributed by atoms with Crippen LogP contribution in [0.5, 0.6) is 0 Å². The number of unbranched alkanes of at least 4 members (excludes halogenated alkanes) is 5. The molecule has 2 heteroatoms. The smallest absolute Gasteiger partial charge is 0.0567 e. The minimum Gasteiger partial charge on any atom is -0.302 e. The van der Waals surface area contributed by atoms with E-state index in [1.54, 1.807) is 0 Å². The lowest BCUT2D eigenvalue weighted by molar-refractivity contribution is 0.196. The summed E-state index contributed by atoms with van der Waals surface area (Å²) in [5.74, 6) is 0. The predicted molar refractivity (Wildman–Crippen MR) is 73.8 cm³/mol. The van der Waals surface area contributed by atoms with Crippen LogP contribution in [-0.2, 0) is 0 Å². The lowest BCUT2D eigenvalue weighted by Gasteiger charge is -2.27. The van der Waals surface area contributed by atoms with Gasteiger partial charge in [-0.05, 0) is 33.0 Å². The van der Waals surface area contributed by atoms with Crippen LogP contribution in [0.3, 0.4) is 0 Å². The van der Waals surface area contributed by atoms with Gasteiger partial charge in [0.2, 0.25) is 0 Å². The van der Waals surface area contributed by atoms with E-state index in [1.807, 2.05) is 0 Å². The van der Waals surface area contributed by atoms with Crippen LogP contribution in [0.15, 0.2) is 0 Å². The third-order valence-corrected chi connectivity index (χ3v) is 3.33. The van der Waals surface area contributed by atoms with Crippen molar-refractivity contribution in [2.45, 2.75) is 72.4 Å². The van der Waals surface area contributed by atoms with E-state index in [4.69, 9.17) is 0 Å². The fourth-order valence-corrected chi connectivity index (χ4v) is 2.12. The lowest BCUT2D eigenvalue weighted by Crippen LogP contribution is -2.43. The zero-order chi connectivity index (χ0) is 12.2. The van der Waals surface area contributed by atoms with Gasteiger partial charge in [-0.1, -0.05) is 52.9 Å². The highest BCUT2D eigenvalue weighted by atomic mass is 15.2. The molecule has 0 aromatic rings. The van der Waals surface area contributed by atoms with Crippen LogP contribution in [-0.4, -0.2) is 30.7 Å². The van der Waals surface area contributed by atoms with Crippen LogP contribution >= 0.6 is 0 Å². The van der Waals surface area contributed by atoms with Gasteiger partial charge in [-0.2, -0.15) is 0 Å². The van der Waals surface area contributed by atoms with Crippen LogP contribution in [0.1, 0.15) is 66.2 Å². The molecular formula is C14H32N2. The Morgan fingerprint density at radius 1 is 0.875 bits per heavy atom. The highest BCUT2D eigenvalue weighted by Crippen LogP contribution is 2.04. The van der Waals surface area contributed by atoms with Crippen LogP contribution in [0, 0.1) is 0 Å². The number of nitrogens with one attached hydrogen (secondary N) is 1. The first-order valence-electron chi connectivity index (χ1n) is 7.23. The summed E-state index contributed by atoms with van der Waals surface area (Å²) in [4.78, 5) is 2.46. The average Bonchev–Trinajstić information content (AvgIpc) is 2.29. The molecule has 0 rings (SSSR count). The standard InChI is InChI=1S/C14H32N2/c1-5-8-9-10-11-12-13-15-14(4)16(6-2)7-3/h14-15H,5-13H2,1-4H3. The van der Waals surface area contributed by atoms with Crippen molar-refractivity contribution in [1.29, 1.82) is 0 Å². The van der Waals surface area contributed by atoms with E-state index in [0.29, 0.717) is 6.17 Å². The van der Waals surface area contributed by atoms with Gasteiger partial charge in [0.25, 0.3) is 0 Å². The molecule has 16 heavy (non-hydrogen) atoms. The van der Waals surface area contributed by atoms with Gasteiger partial charge in [0, 0.05) is 0 Å². The van der Waals surface area contributed by atoms with Crippen molar-refractivity contribution >= 4 is 0 Å². The summed E-state index contributed by atoms with van der Waals surface area (Å²) < 4.78 is 0. The molecule has 1 unspecified atom stereocenters. The Hall–Kier alpha value is -0.0800. The molecule has 0 saturated heterocycles. The van der Waals surface area contributed by atoms with Crippen molar-refractivity contribution in [3.05, 3.63) is 0 Å². The topological polar surface area (TPSA) is 15.3 Å². The number of hydrogen-bond acceptors (Lipinski definition) is 2. The van der Waals surface area contributed by atoms with E-state index >= 15 is 0 Å². The summed E-state index contributed by atoms with van der Waals surface area (Å²) in [5.41, 5.74) is 0. The zero-order valence-corrected chi connectivity index (χ0v) is 11.9. The maximum atomic E-state index is 3.60. The molecule has 0 fully saturated rings. The maximum Gasteiger partial charge on any atom is 0.0567 e. The summed E-state index contributed by atoms with van der Waals surface area (Å²) in [6.07, 6.45) is 8.83. The molecule has 0 aromatic carbocycles. The molecule has 0 spiro atoms. The van der Waals surface area contributed by atoms with Crippen molar-refractivity contribution in [1.82, 2.24) is 10.2 Å². The normalized spacial score (nSPS) is 13.3. The molecule has 0 saturated carbocycles. The molecule has 0 aliphatic heterocycles. The van der Waals surface area contributed by atoms with Crippen LogP contribution < -0.4 is 5.32 Å². The molecule has 0 amide bonds. The number of nitrogens with zero attached hydrogens (tertiary/aromatic N) is 1. The molecule has 2 nitrogen and oxygen atoms in total. The fourth-order valence-electron chi connectivity index (χ4n) is 2.12. The third kappa shape index (κ3) is 8.12. The van der Waals surface area contributed by atoms with Gasteiger partial charge in [-0.3, -0.25) is 4.90 Å². The van der Waals surface area contributed by atoms with E-state index in [0.717, 1.165) is 13.1 Å². The summed E-state index contributed by atoms with van der Waals surface area (Å²) in [6, 6.07) is 0. The zero-order valence-electron chi connectivity index (χ0n) is 11.9. The Balaban J connectivity index is 3.30. The summed E-state index contributed by atoms with van der Waals surface area (Å²) in [5, 5.41) is 3.60. The van der Waals surface area contributed by atoms with Gasteiger partial charge in [0.15, 0.2) is 0 Å². The van der Waals surface area contributed by atoms with E-state index in [1.165, 1.54) is 45.1 Å². The van der Waals surface area contributed by atoms with E-state index < -0.39 is 0 Å². The lowest BCUT2D eigenvalue weighted by atomic mass is 10.1. The fraction of sp³-hybridized carbons (Fsp3) is 1.00. The highest BCUT2D eigenvalue weighted by Gasteiger charge is 2.07. The maximum absolute atomic E-state index is 3.60. The van der Waals surface area contributed by atoms with Gasteiger partial charge >= 0.3 is 0 Å². The number of hydrogen-bond donors (Lipinski definition) is 1. The Bertz CT molecular complexity index is 133. The van der Waals surface area contributed by atoms with Gasteiger partial charge in [-0.15, -0.1) is 0 Å². The Kier molecular flexibility index (Phi) is 11.3. The van der Waals surface area contributed by atoms with Crippen molar-refractivity contribution in [2.75, 3.05) is 19.6 Å². The first-order chi connectivity index (χ1) is 7.76. The summed E-state index contributed by atoms with van der Waals surface area (Å²) in [6.45, 7) is 12.4. The highest BCUT2D eigenvalue weighted by molar-refractivity contribution is 4.62. The summed E-state index contributed by atoms with van der Waals surface area (Å²) in [7, 11) is 0. The first-order valence-corrected chi connectivity index (χ1v) is 7.23. The van der Waals surface area contributed by atoms with E-state index in [-0.39, 0.29) is 0 Å². The Labute approximate surface area is 103 Å². The minimum absolute atomic E-state index is 0.533. The Morgan fingerprint density at radius 3 is 2.00 bits per heavy atom. The molecule has 0 radical (unpaired) electrons. The molecule has 1 atom stereocenters. The monoisotopic (exact) mass is 228 g/mol. The summed E-state index contributed by atoms with van der Waals surface area (Å²) >= 11 is 0. The molecule has 1 N–H and O–H groups in total. The second-order valence-electron chi connectivity index (χ2n) is 4.62. The van der Waals surface area contributed by atoms with Gasteiger partial charge in [-0.25, -0.2) is 0 Å². The van der Waals surface area contributed by atoms with Crippen LogP contribution in [0.4, 0.5) is 0 Å². The third-order valence-electron chi connectivity index (χ3n) is 3.33. The second kappa shape index (κ2) is 11.4. The quantitative estimate of drug-likeness (QED) is 0.429. The first kappa shape index (κ1) is 15.9. The van der Waals surface area contributed by atoms with E-state index in [2.05, 4.69) is 37.9 Å². The Morgan fingerprint density at radius 2 is 1.44 bits per heavy atom. The van der Waals surface area contributed by atoms with Crippen molar-refractivity contribution in [3.8, 4) is 0 Å².